The van der Waals surface area contributed by atoms with Gasteiger partial charge in [0.15, 0.2) is 11.6 Å². The number of benzene rings is 1. The summed E-state index contributed by atoms with van der Waals surface area (Å²) in [6, 6.07) is 6.48. The van der Waals surface area contributed by atoms with Crippen molar-refractivity contribution in [2.24, 2.45) is 0 Å². The second-order valence-corrected chi connectivity index (χ2v) is 7.28. The minimum atomic E-state index is 0.829. The molecule has 0 atom stereocenters. The molecular formula is C27H27N3. The predicted octanol–water partition coefficient (Wildman–Crippen LogP) is 6.66. The van der Waals surface area contributed by atoms with E-state index < -0.39 is 0 Å². The van der Waals surface area contributed by atoms with Crippen LogP contribution in [0.3, 0.4) is 0 Å². The van der Waals surface area contributed by atoms with Crippen LogP contribution in [-0.2, 0) is 6.42 Å². The Balaban J connectivity index is 1.97. The van der Waals surface area contributed by atoms with E-state index in [1.165, 1.54) is 11.1 Å². The van der Waals surface area contributed by atoms with Crippen molar-refractivity contribution < 1.29 is 0 Å². The number of aromatic nitrogens is 3. The molecule has 4 rings (SSSR count). The molecule has 0 spiro atoms. The van der Waals surface area contributed by atoms with Crippen molar-refractivity contribution in [3.63, 3.8) is 0 Å². The summed E-state index contributed by atoms with van der Waals surface area (Å²) in [5.41, 5.74) is 5.91. The maximum Gasteiger partial charge on any atom is 0.168 e. The Bertz CT molecular complexity index is 1130. The number of allylic oxidation sites excluding steroid dienone is 13. The molecule has 3 heteroatoms. The van der Waals surface area contributed by atoms with Crippen molar-refractivity contribution in [3.8, 4) is 5.69 Å². The van der Waals surface area contributed by atoms with E-state index in [0.717, 1.165) is 47.7 Å². The summed E-state index contributed by atoms with van der Waals surface area (Å²) < 4.78 is 2.24. The topological polar surface area (TPSA) is 30.7 Å². The third kappa shape index (κ3) is 3.97. The van der Waals surface area contributed by atoms with Crippen LogP contribution in [0, 0.1) is 0 Å². The molecule has 30 heavy (non-hydrogen) atoms. The van der Waals surface area contributed by atoms with Gasteiger partial charge >= 0.3 is 0 Å². The first-order chi connectivity index (χ1) is 14.8. The summed E-state index contributed by atoms with van der Waals surface area (Å²) in [4.78, 5) is 0. The van der Waals surface area contributed by atoms with E-state index in [4.69, 9.17) is 0 Å². The fraction of sp³-hybridized carbons (Fsp3) is 0.185. The molecule has 0 saturated heterocycles. The van der Waals surface area contributed by atoms with E-state index in [9.17, 15) is 0 Å². The molecule has 1 aromatic carbocycles. The van der Waals surface area contributed by atoms with Gasteiger partial charge in [-0.3, -0.25) is 4.57 Å². The van der Waals surface area contributed by atoms with Crippen molar-refractivity contribution in [3.05, 3.63) is 108 Å². The quantitative estimate of drug-likeness (QED) is 0.532. The van der Waals surface area contributed by atoms with E-state index in [1.54, 1.807) is 0 Å². The number of nitrogens with zero attached hydrogens (tertiary/aromatic N) is 3. The van der Waals surface area contributed by atoms with Crippen molar-refractivity contribution >= 4 is 17.2 Å². The van der Waals surface area contributed by atoms with Gasteiger partial charge in [-0.05, 0) is 43.4 Å². The maximum atomic E-state index is 4.67. The number of rotatable bonds is 5. The highest BCUT2D eigenvalue weighted by molar-refractivity contribution is 5.75. The van der Waals surface area contributed by atoms with Crippen molar-refractivity contribution in [1.29, 1.82) is 0 Å². The largest absolute Gasteiger partial charge is 0.275 e. The van der Waals surface area contributed by atoms with Gasteiger partial charge in [0.2, 0.25) is 0 Å². The van der Waals surface area contributed by atoms with Crippen LogP contribution in [0.15, 0.2) is 85.0 Å². The Hall–Kier alpha value is -3.46. The molecule has 0 bridgehead atoms. The van der Waals surface area contributed by atoms with Gasteiger partial charge in [-0.2, -0.15) is 0 Å². The molecule has 0 aliphatic heterocycles. The van der Waals surface area contributed by atoms with Crippen LogP contribution in [0.25, 0.3) is 22.9 Å². The van der Waals surface area contributed by atoms with Gasteiger partial charge in [0, 0.05) is 11.1 Å². The second kappa shape index (κ2) is 9.36. The Labute approximate surface area is 178 Å². The molecule has 0 radical (unpaired) electrons. The highest BCUT2D eigenvalue weighted by Crippen LogP contribution is 2.31. The van der Waals surface area contributed by atoms with Crippen LogP contribution >= 0.6 is 0 Å². The summed E-state index contributed by atoms with van der Waals surface area (Å²) in [5.74, 6) is 1.77. The molecule has 2 aromatic rings. The Morgan fingerprint density at radius 1 is 1.03 bits per heavy atom. The van der Waals surface area contributed by atoms with Gasteiger partial charge < -0.3 is 0 Å². The zero-order valence-corrected chi connectivity index (χ0v) is 17.6. The van der Waals surface area contributed by atoms with Crippen molar-refractivity contribution in [2.45, 2.75) is 33.1 Å². The van der Waals surface area contributed by atoms with Crippen LogP contribution in [0.4, 0.5) is 0 Å². The third-order valence-corrected chi connectivity index (χ3v) is 5.32. The van der Waals surface area contributed by atoms with Gasteiger partial charge in [-0.15, -0.1) is 10.2 Å². The van der Waals surface area contributed by atoms with E-state index in [1.807, 2.05) is 0 Å². The van der Waals surface area contributed by atoms with Gasteiger partial charge in [-0.25, -0.2) is 0 Å². The van der Waals surface area contributed by atoms with E-state index >= 15 is 0 Å². The highest BCUT2D eigenvalue weighted by atomic mass is 15.3. The molecule has 3 nitrogen and oxygen atoms in total. The summed E-state index contributed by atoms with van der Waals surface area (Å²) in [7, 11) is 0. The Morgan fingerprint density at radius 2 is 1.90 bits per heavy atom. The van der Waals surface area contributed by atoms with Crippen molar-refractivity contribution in [2.75, 3.05) is 0 Å². The molecule has 2 aliphatic carbocycles. The molecule has 0 saturated carbocycles. The van der Waals surface area contributed by atoms with Crippen LogP contribution in [0.5, 0.6) is 0 Å². The van der Waals surface area contributed by atoms with Crippen LogP contribution in [0.2, 0.25) is 0 Å². The Morgan fingerprint density at radius 3 is 2.77 bits per heavy atom. The Kier molecular flexibility index (Phi) is 6.19. The van der Waals surface area contributed by atoms with Gasteiger partial charge in [0.05, 0.1) is 5.69 Å². The minimum absolute atomic E-state index is 0.829. The molecule has 1 heterocycles. The van der Waals surface area contributed by atoms with E-state index in [2.05, 4.69) is 120 Å². The zero-order valence-electron chi connectivity index (χ0n) is 17.6. The minimum Gasteiger partial charge on any atom is -0.275 e. The number of hydrogen-bond donors (Lipinski definition) is 0. The molecular weight excluding hydrogens is 366 g/mol. The van der Waals surface area contributed by atoms with E-state index in [0.29, 0.717) is 0 Å². The third-order valence-electron chi connectivity index (χ3n) is 5.32. The smallest absolute Gasteiger partial charge is 0.168 e. The summed E-state index contributed by atoms with van der Waals surface area (Å²) >= 11 is 0. The van der Waals surface area contributed by atoms with E-state index in [-0.39, 0.29) is 0 Å². The lowest BCUT2D eigenvalue weighted by Gasteiger charge is -2.17. The van der Waals surface area contributed by atoms with Crippen molar-refractivity contribution in [1.82, 2.24) is 14.8 Å². The molecule has 2 aliphatic rings. The number of fused-ring (bicyclic) bond motifs is 1. The predicted molar refractivity (Wildman–Crippen MR) is 127 cm³/mol. The van der Waals surface area contributed by atoms with Crippen LogP contribution < -0.4 is 0 Å². The molecule has 0 amide bonds. The molecule has 0 N–H and O–H groups in total. The second-order valence-electron chi connectivity index (χ2n) is 7.28. The average Bonchev–Trinajstić information content (AvgIpc) is 2.95. The van der Waals surface area contributed by atoms with Gasteiger partial charge in [0.25, 0.3) is 0 Å². The summed E-state index contributed by atoms with van der Waals surface area (Å²) in [6.45, 7) is 4.20. The van der Waals surface area contributed by atoms with Crippen LogP contribution in [-0.4, -0.2) is 14.8 Å². The first kappa shape index (κ1) is 19.8. The monoisotopic (exact) mass is 393 g/mol. The normalized spacial score (nSPS) is 15.9. The van der Waals surface area contributed by atoms with Gasteiger partial charge in [-0.1, -0.05) is 92.0 Å². The lowest BCUT2D eigenvalue weighted by molar-refractivity contribution is 0.973. The molecule has 0 unspecified atom stereocenters. The fourth-order valence-electron chi connectivity index (χ4n) is 3.80. The molecule has 0 fully saturated rings. The SMILES string of the molecule is C/C=C(\C=C/CC)c1nnc(C2=CC=CC=CC2)n1-c1cccc2c1CC=CC=C2. The van der Waals surface area contributed by atoms with Crippen LogP contribution in [0.1, 0.15) is 49.5 Å². The fourth-order valence-corrected chi connectivity index (χ4v) is 3.80. The first-order valence-corrected chi connectivity index (χ1v) is 10.6. The number of hydrogen-bond acceptors (Lipinski definition) is 2. The molecule has 1 aromatic heterocycles. The lowest BCUT2D eigenvalue weighted by Crippen LogP contribution is -2.08. The van der Waals surface area contributed by atoms with Gasteiger partial charge in [0.1, 0.15) is 0 Å². The summed E-state index contributed by atoms with van der Waals surface area (Å²) in [5, 5.41) is 9.34. The average molecular weight is 394 g/mol. The molecule has 150 valence electrons. The lowest BCUT2D eigenvalue weighted by atomic mass is 10.0. The highest BCUT2D eigenvalue weighted by Gasteiger charge is 2.21. The first-order valence-electron chi connectivity index (χ1n) is 10.6. The summed E-state index contributed by atoms with van der Waals surface area (Å²) in [6.07, 6.45) is 28.2. The standard InChI is InChI=1S/C27H27N3/c1-3-5-14-21(4-2)26-28-29-27(23-16-9-6-7-10-17-23)30(26)25-20-13-18-22-15-11-8-12-19-24(22)25/h4-16,18,20H,3,17,19H2,1-2H3/b14-5-,21-4+. The zero-order chi connectivity index (χ0) is 20.8. The maximum absolute atomic E-state index is 4.67.